The zero-order valence-corrected chi connectivity index (χ0v) is 24.8. The molecule has 0 bridgehead atoms. The number of aliphatic hydroxyl groups is 1. The van der Waals surface area contributed by atoms with Crippen LogP contribution in [0.1, 0.15) is 34.7 Å². The fraction of sp³-hybridized carbons (Fsp3) is 0.344. The van der Waals surface area contributed by atoms with Crippen molar-refractivity contribution in [3.8, 4) is 17.2 Å². The van der Waals surface area contributed by atoms with Crippen molar-refractivity contribution in [2.24, 2.45) is 0 Å². The third kappa shape index (κ3) is 4.86. The second kappa shape index (κ2) is 11.9. The molecule has 1 fully saturated rings. The van der Waals surface area contributed by atoms with Gasteiger partial charge in [-0.3, -0.25) is 9.59 Å². The topological polar surface area (TPSA) is 129 Å². The first-order valence-corrected chi connectivity index (χ1v) is 14.8. The van der Waals surface area contributed by atoms with Gasteiger partial charge in [-0.05, 0) is 29.9 Å². The van der Waals surface area contributed by atoms with E-state index in [1.807, 2.05) is 24.3 Å². The Hall–Kier alpha value is -4.48. The molecule has 0 aliphatic carbocycles. The molecule has 12 heteroatoms. The summed E-state index contributed by atoms with van der Waals surface area (Å²) in [6.07, 6.45) is 0.348. The first kappa shape index (κ1) is 29.6. The molecule has 0 spiro atoms. The van der Waals surface area contributed by atoms with E-state index in [1.54, 1.807) is 11.0 Å². The summed E-state index contributed by atoms with van der Waals surface area (Å²) in [4.78, 5) is 44.5. The molecule has 3 aromatic rings. The van der Waals surface area contributed by atoms with Gasteiger partial charge in [0.15, 0.2) is 24.3 Å². The molecule has 0 saturated carbocycles. The minimum atomic E-state index is -1.38. The summed E-state index contributed by atoms with van der Waals surface area (Å²) in [7, 11) is 1.40. The molecule has 230 valence electrons. The Bertz CT molecular complexity index is 1660. The summed E-state index contributed by atoms with van der Waals surface area (Å²) in [5.41, 5.74) is 1.63. The highest BCUT2D eigenvalue weighted by molar-refractivity contribution is 6.19. The van der Waals surface area contributed by atoms with E-state index in [4.69, 9.17) is 25.8 Å². The van der Waals surface area contributed by atoms with E-state index in [9.17, 15) is 24.6 Å². The van der Waals surface area contributed by atoms with Gasteiger partial charge in [-0.25, -0.2) is 9.69 Å². The van der Waals surface area contributed by atoms with Crippen molar-refractivity contribution in [2.45, 2.75) is 31.0 Å². The molecule has 0 radical (unpaired) electrons. The van der Waals surface area contributed by atoms with Crippen LogP contribution in [0.15, 0.2) is 55.1 Å². The van der Waals surface area contributed by atoms with E-state index in [0.717, 1.165) is 15.8 Å². The SMILES string of the molecule is C=CCOC(=O)N1c2cc(OCC(=O)N3C[C@H](CCl)c4c3cc(O)c3ccccc43)c(OC)cc2C(=O)N2CCC[C@H]2C1O. The van der Waals surface area contributed by atoms with Crippen molar-refractivity contribution >= 4 is 51.7 Å². The lowest BCUT2D eigenvalue weighted by atomic mass is 9.95. The quantitative estimate of drug-likeness (QED) is 0.294. The van der Waals surface area contributed by atoms with E-state index in [0.29, 0.717) is 37.0 Å². The Labute approximate surface area is 258 Å². The summed E-state index contributed by atoms with van der Waals surface area (Å²) in [5.74, 6) is -0.345. The van der Waals surface area contributed by atoms with E-state index in [-0.39, 0.29) is 52.8 Å². The second-order valence-electron chi connectivity index (χ2n) is 10.9. The van der Waals surface area contributed by atoms with Gasteiger partial charge in [0, 0.05) is 42.4 Å². The van der Waals surface area contributed by atoms with Gasteiger partial charge in [0.25, 0.3) is 11.8 Å². The van der Waals surface area contributed by atoms with Crippen LogP contribution in [-0.4, -0.2) is 84.6 Å². The molecule has 1 unspecified atom stereocenters. The van der Waals surface area contributed by atoms with Crippen molar-refractivity contribution in [3.63, 3.8) is 0 Å². The number of hydrogen-bond acceptors (Lipinski definition) is 8. The van der Waals surface area contributed by atoms with Crippen LogP contribution >= 0.6 is 11.6 Å². The molecular weight excluding hydrogens is 590 g/mol. The van der Waals surface area contributed by atoms with Crippen LogP contribution in [0.25, 0.3) is 10.8 Å². The predicted molar refractivity (Wildman–Crippen MR) is 164 cm³/mol. The zero-order chi connectivity index (χ0) is 31.1. The lowest BCUT2D eigenvalue weighted by molar-refractivity contribution is -0.120. The lowest BCUT2D eigenvalue weighted by Crippen LogP contribution is -2.50. The molecule has 6 rings (SSSR count). The largest absolute Gasteiger partial charge is 0.507 e. The summed E-state index contributed by atoms with van der Waals surface area (Å²) in [5, 5.41) is 23.5. The van der Waals surface area contributed by atoms with Gasteiger partial charge < -0.3 is 34.2 Å². The molecule has 0 aromatic heterocycles. The number of aliphatic hydroxyl groups excluding tert-OH is 1. The maximum absolute atomic E-state index is 13.6. The van der Waals surface area contributed by atoms with Gasteiger partial charge in [0.05, 0.1) is 30.1 Å². The molecule has 3 atom stereocenters. The molecule has 2 N–H and O–H groups in total. The van der Waals surface area contributed by atoms with Gasteiger partial charge in [-0.2, -0.15) is 0 Å². The number of methoxy groups -OCH3 is 1. The number of hydrogen-bond donors (Lipinski definition) is 2. The van der Waals surface area contributed by atoms with Crippen LogP contribution in [0.4, 0.5) is 16.2 Å². The fourth-order valence-corrected chi connectivity index (χ4v) is 6.68. The molecule has 3 amide bonds. The van der Waals surface area contributed by atoms with Crippen LogP contribution < -0.4 is 19.3 Å². The number of halogens is 1. The van der Waals surface area contributed by atoms with E-state index >= 15 is 0 Å². The molecular formula is C32H32ClN3O8. The van der Waals surface area contributed by atoms with Gasteiger partial charge in [-0.1, -0.05) is 36.9 Å². The average Bonchev–Trinajstić information content (AvgIpc) is 3.66. The number of benzene rings is 3. The number of anilines is 2. The average molecular weight is 622 g/mol. The van der Waals surface area contributed by atoms with Crippen LogP contribution in [0.3, 0.4) is 0 Å². The number of aromatic hydroxyl groups is 1. The van der Waals surface area contributed by atoms with Gasteiger partial charge in [0.1, 0.15) is 12.4 Å². The first-order valence-electron chi connectivity index (χ1n) is 14.3. The van der Waals surface area contributed by atoms with Crippen molar-refractivity contribution in [1.82, 2.24) is 4.90 Å². The molecule has 1 saturated heterocycles. The van der Waals surface area contributed by atoms with Crippen molar-refractivity contribution in [1.29, 1.82) is 0 Å². The lowest BCUT2D eigenvalue weighted by Gasteiger charge is -2.31. The van der Waals surface area contributed by atoms with Crippen molar-refractivity contribution in [2.75, 3.05) is 49.1 Å². The van der Waals surface area contributed by atoms with Crippen LogP contribution in [0, 0.1) is 0 Å². The minimum absolute atomic E-state index is 0.0490. The zero-order valence-electron chi connectivity index (χ0n) is 24.1. The Balaban J connectivity index is 1.33. The Morgan fingerprint density at radius 1 is 1.14 bits per heavy atom. The van der Waals surface area contributed by atoms with Crippen LogP contribution in [0.2, 0.25) is 0 Å². The van der Waals surface area contributed by atoms with E-state index in [2.05, 4.69) is 6.58 Å². The molecule has 3 heterocycles. The number of alkyl halides is 1. The molecule has 44 heavy (non-hydrogen) atoms. The van der Waals surface area contributed by atoms with E-state index in [1.165, 1.54) is 30.2 Å². The number of fused-ring (bicyclic) bond motifs is 5. The highest BCUT2D eigenvalue weighted by atomic mass is 35.5. The van der Waals surface area contributed by atoms with Crippen LogP contribution in [0.5, 0.6) is 17.2 Å². The third-order valence-corrected chi connectivity index (χ3v) is 8.82. The number of phenols is 1. The number of ether oxygens (including phenoxy) is 3. The highest BCUT2D eigenvalue weighted by Crippen LogP contribution is 2.46. The number of phenolic OH excluding ortho intramolecular Hbond substituents is 1. The fourth-order valence-electron chi connectivity index (χ4n) is 6.43. The van der Waals surface area contributed by atoms with E-state index < -0.39 is 30.9 Å². The maximum Gasteiger partial charge on any atom is 0.416 e. The summed E-state index contributed by atoms with van der Waals surface area (Å²) in [6.45, 7) is 3.77. The highest BCUT2D eigenvalue weighted by Gasteiger charge is 2.45. The minimum Gasteiger partial charge on any atom is -0.507 e. The van der Waals surface area contributed by atoms with Crippen molar-refractivity contribution < 1.29 is 38.8 Å². The van der Waals surface area contributed by atoms with Crippen LogP contribution in [-0.2, 0) is 9.53 Å². The smallest absolute Gasteiger partial charge is 0.416 e. The maximum atomic E-state index is 13.6. The van der Waals surface area contributed by atoms with Gasteiger partial charge >= 0.3 is 6.09 Å². The summed E-state index contributed by atoms with van der Waals surface area (Å²) >= 11 is 6.32. The van der Waals surface area contributed by atoms with Gasteiger partial charge in [-0.15, -0.1) is 11.6 Å². The molecule has 3 aromatic carbocycles. The molecule has 11 nitrogen and oxygen atoms in total. The predicted octanol–water partition coefficient (Wildman–Crippen LogP) is 4.37. The number of rotatable bonds is 7. The molecule has 3 aliphatic rings. The Morgan fingerprint density at radius 2 is 1.91 bits per heavy atom. The normalized spacial score (nSPS) is 20.6. The Morgan fingerprint density at radius 3 is 2.64 bits per heavy atom. The number of carbonyl (C=O) groups is 3. The monoisotopic (exact) mass is 621 g/mol. The number of amides is 3. The van der Waals surface area contributed by atoms with Crippen molar-refractivity contribution in [3.05, 3.63) is 66.2 Å². The Kier molecular flexibility index (Phi) is 8.00. The summed E-state index contributed by atoms with van der Waals surface area (Å²) in [6, 6.07) is 11.2. The second-order valence-corrected chi connectivity index (χ2v) is 11.2. The number of nitrogens with zero attached hydrogens (tertiary/aromatic N) is 3. The number of carbonyl (C=O) groups excluding carboxylic acids is 3. The summed E-state index contributed by atoms with van der Waals surface area (Å²) < 4.78 is 16.8. The first-order chi connectivity index (χ1) is 21.3. The molecule has 3 aliphatic heterocycles. The third-order valence-electron chi connectivity index (χ3n) is 8.45. The van der Waals surface area contributed by atoms with Gasteiger partial charge in [0.2, 0.25) is 0 Å². The standard InChI is InChI=1S/C32H32ClN3O8/c1-3-11-43-32(41)36-23-14-27(26(42-2)12-21(23)30(39)34-10-6-9-22(34)31(36)40)44-17-28(38)35-16-18(15-33)29-20-8-5-4-7-19(20)25(37)13-24(29)35/h3-5,7-8,12-14,18,22,31,37,40H,1,6,9-11,15-17H2,2H3/t18-,22-,31?/m0/s1.